The first kappa shape index (κ1) is 20.2. The molecule has 0 atom stereocenters. The second-order valence-corrected chi connectivity index (χ2v) is 8.97. The average molecular weight is 399 g/mol. The molecule has 3 N–H and O–H groups in total. The largest absolute Gasteiger partial charge is 0.398 e. The van der Waals surface area contributed by atoms with E-state index in [0.29, 0.717) is 43.9 Å². The highest BCUT2D eigenvalue weighted by molar-refractivity contribution is 5.82. The van der Waals surface area contributed by atoms with Gasteiger partial charge in [-0.2, -0.15) is 0 Å². The molecule has 3 aliphatic rings. The van der Waals surface area contributed by atoms with Crippen LogP contribution in [0.25, 0.3) is 0 Å². The summed E-state index contributed by atoms with van der Waals surface area (Å²) >= 11 is 0. The van der Waals surface area contributed by atoms with Gasteiger partial charge >= 0.3 is 0 Å². The second-order valence-electron chi connectivity index (χ2n) is 8.97. The first-order valence-electron chi connectivity index (χ1n) is 11.2. The number of anilines is 1. The summed E-state index contributed by atoms with van der Waals surface area (Å²) in [7, 11) is 0. The van der Waals surface area contributed by atoms with Crippen molar-refractivity contribution < 1.29 is 9.59 Å². The molecule has 1 aromatic rings. The highest BCUT2D eigenvalue weighted by Crippen LogP contribution is 2.32. The maximum absolute atomic E-state index is 12.9. The molecular formula is C23H34N4O2. The standard InChI is InChI=1S/C23H34N4O2/c24-21-4-2-1-3-20(21)16-25-15-17-5-7-18(8-6-17)22(28)26-11-13-27(14-12-26)23(29)19-9-10-19/h1-4,17-19,25H,5-16,24H2. The maximum atomic E-state index is 12.9. The van der Waals surface area contributed by atoms with Crippen LogP contribution in [0.4, 0.5) is 5.69 Å². The third-order valence-electron chi connectivity index (χ3n) is 6.83. The molecule has 3 fully saturated rings. The van der Waals surface area contributed by atoms with E-state index in [-0.39, 0.29) is 11.8 Å². The summed E-state index contributed by atoms with van der Waals surface area (Å²) in [4.78, 5) is 29.1. The Morgan fingerprint density at radius 2 is 1.38 bits per heavy atom. The van der Waals surface area contributed by atoms with E-state index in [9.17, 15) is 9.59 Å². The number of amides is 2. The van der Waals surface area contributed by atoms with E-state index < -0.39 is 0 Å². The molecule has 4 rings (SSSR count). The van der Waals surface area contributed by atoms with Crippen molar-refractivity contribution in [2.45, 2.75) is 45.1 Å². The zero-order valence-corrected chi connectivity index (χ0v) is 17.3. The highest BCUT2D eigenvalue weighted by atomic mass is 16.2. The Balaban J connectivity index is 1.15. The van der Waals surface area contributed by atoms with Crippen molar-refractivity contribution in [3.63, 3.8) is 0 Å². The zero-order chi connectivity index (χ0) is 20.2. The normalized spacial score (nSPS) is 25.1. The van der Waals surface area contributed by atoms with Crippen LogP contribution < -0.4 is 11.1 Å². The number of para-hydroxylation sites is 1. The Hall–Kier alpha value is -2.08. The number of hydrogen-bond donors (Lipinski definition) is 2. The van der Waals surface area contributed by atoms with E-state index in [1.807, 2.05) is 28.0 Å². The number of rotatable bonds is 6. The summed E-state index contributed by atoms with van der Waals surface area (Å²) < 4.78 is 0. The Bertz CT molecular complexity index is 717. The number of benzene rings is 1. The molecule has 1 heterocycles. The predicted molar refractivity (Wildman–Crippen MR) is 114 cm³/mol. The molecule has 29 heavy (non-hydrogen) atoms. The Kier molecular flexibility index (Phi) is 6.38. The summed E-state index contributed by atoms with van der Waals surface area (Å²) in [5.74, 6) is 1.70. The Morgan fingerprint density at radius 3 is 1.90 bits per heavy atom. The van der Waals surface area contributed by atoms with Crippen LogP contribution in [-0.2, 0) is 16.1 Å². The molecule has 2 saturated carbocycles. The Labute approximate surface area is 173 Å². The number of piperazine rings is 1. The molecular weight excluding hydrogens is 364 g/mol. The first-order chi connectivity index (χ1) is 14.1. The van der Waals surface area contributed by atoms with Gasteiger partial charge in [0.25, 0.3) is 0 Å². The van der Waals surface area contributed by atoms with Gasteiger partial charge in [-0.3, -0.25) is 9.59 Å². The lowest BCUT2D eigenvalue weighted by molar-refractivity contribution is -0.143. The fraction of sp³-hybridized carbons (Fsp3) is 0.652. The van der Waals surface area contributed by atoms with Crippen molar-refractivity contribution in [1.82, 2.24) is 15.1 Å². The quantitative estimate of drug-likeness (QED) is 0.721. The van der Waals surface area contributed by atoms with Crippen molar-refractivity contribution >= 4 is 17.5 Å². The molecule has 0 aromatic heterocycles. The predicted octanol–water partition coefficient (Wildman–Crippen LogP) is 2.25. The molecule has 0 spiro atoms. The zero-order valence-electron chi connectivity index (χ0n) is 17.3. The van der Waals surface area contributed by atoms with Gasteiger partial charge in [-0.25, -0.2) is 0 Å². The van der Waals surface area contributed by atoms with Gasteiger partial charge in [-0.15, -0.1) is 0 Å². The van der Waals surface area contributed by atoms with E-state index in [1.165, 1.54) is 0 Å². The van der Waals surface area contributed by atoms with Gasteiger partial charge in [0.1, 0.15) is 0 Å². The van der Waals surface area contributed by atoms with Gasteiger partial charge in [-0.1, -0.05) is 18.2 Å². The fourth-order valence-corrected chi connectivity index (χ4v) is 4.71. The third kappa shape index (κ3) is 5.10. The van der Waals surface area contributed by atoms with Crippen LogP contribution in [-0.4, -0.2) is 54.3 Å². The maximum Gasteiger partial charge on any atom is 0.225 e. The molecule has 1 aromatic carbocycles. The lowest BCUT2D eigenvalue weighted by atomic mass is 9.81. The molecule has 0 unspecified atom stereocenters. The van der Waals surface area contributed by atoms with E-state index in [4.69, 9.17) is 5.73 Å². The minimum Gasteiger partial charge on any atom is -0.398 e. The van der Waals surface area contributed by atoms with Crippen LogP contribution in [0.5, 0.6) is 0 Å². The second kappa shape index (κ2) is 9.16. The van der Waals surface area contributed by atoms with E-state index in [2.05, 4.69) is 11.4 Å². The summed E-state index contributed by atoms with van der Waals surface area (Å²) in [5, 5.41) is 3.54. The van der Waals surface area contributed by atoms with Crippen molar-refractivity contribution in [3.05, 3.63) is 29.8 Å². The number of hydrogen-bond acceptors (Lipinski definition) is 4. The van der Waals surface area contributed by atoms with Crippen molar-refractivity contribution in [1.29, 1.82) is 0 Å². The van der Waals surface area contributed by atoms with Gasteiger partial charge < -0.3 is 20.9 Å². The Morgan fingerprint density at radius 1 is 0.862 bits per heavy atom. The van der Waals surface area contributed by atoms with Gasteiger partial charge in [-0.05, 0) is 62.6 Å². The summed E-state index contributed by atoms with van der Waals surface area (Å²) in [6.07, 6.45) is 6.28. The fourth-order valence-electron chi connectivity index (χ4n) is 4.71. The topological polar surface area (TPSA) is 78.7 Å². The molecule has 0 radical (unpaired) electrons. The number of nitrogens with zero attached hydrogens (tertiary/aromatic N) is 2. The summed E-state index contributed by atoms with van der Waals surface area (Å²) in [6, 6.07) is 7.99. The molecule has 158 valence electrons. The van der Waals surface area contributed by atoms with Gasteiger partial charge in [0.15, 0.2) is 0 Å². The highest BCUT2D eigenvalue weighted by Gasteiger charge is 2.36. The van der Waals surface area contributed by atoms with E-state index in [0.717, 1.165) is 62.9 Å². The molecule has 2 amide bonds. The molecule has 6 heteroatoms. The van der Waals surface area contributed by atoms with Crippen LogP contribution in [0.1, 0.15) is 44.1 Å². The van der Waals surface area contributed by atoms with Gasteiger partial charge in [0, 0.05) is 50.2 Å². The van der Waals surface area contributed by atoms with Crippen LogP contribution >= 0.6 is 0 Å². The van der Waals surface area contributed by atoms with Crippen molar-refractivity contribution in [2.75, 3.05) is 38.5 Å². The van der Waals surface area contributed by atoms with Crippen LogP contribution in [0.2, 0.25) is 0 Å². The van der Waals surface area contributed by atoms with Crippen molar-refractivity contribution in [2.24, 2.45) is 17.8 Å². The monoisotopic (exact) mass is 398 g/mol. The SMILES string of the molecule is Nc1ccccc1CNCC1CCC(C(=O)N2CCN(C(=O)C3CC3)CC2)CC1. The number of carbonyl (C=O) groups excluding carboxylic acids is 2. The lowest BCUT2D eigenvalue weighted by Crippen LogP contribution is -2.52. The number of nitrogen functional groups attached to an aromatic ring is 1. The summed E-state index contributed by atoms with van der Waals surface area (Å²) in [5.41, 5.74) is 7.99. The van der Waals surface area contributed by atoms with E-state index in [1.54, 1.807) is 0 Å². The van der Waals surface area contributed by atoms with Crippen LogP contribution in [0, 0.1) is 17.8 Å². The molecule has 6 nitrogen and oxygen atoms in total. The molecule has 1 aliphatic heterocycles. The smallest absolute Gasteiger partial charge is 0.225 e. The average Bonchev–Trinajstić information content (AvgIpc) is 3.60. The molecule has 0 bridgehead atoms. The molecule has 1 saturated heterocycles. The first-order valence-corrected chi connectivity index (χ1v) is 11.2. The van der Waals surface area contributed by atoms with E-state index >= 15 is 0 Å². The van der Waals surface area contributed by atoms with Gasteiger partial charge in [0.05, 0.1) is 0 Å². The minimum atomic E-state index is 0.168. The van der Waals surface area contributed by atoms with Crippen LogP contribution in [0.3, 0.4) is 0 Å². The molecule has 2 aliphatic carbocycles. The number of nitrogens with two attached hydrogens (primary N) is 1. The van der Waals surface area contributed by atoms with Gasteiger partial charge in [0.2, 0.25) is 11.8 Å². The lowest BCUT2D eigenvalue weighted by Gasteiger charge is -2.38. The third-order valence-corrected chi connectivity index (χ3v) is 6.83. The minimum absolute atomic E-state index is 0.168. The number of nitrogens with one attached hydrogen (secondary N) is 1. The van der Waals surface area contributed by atoms with Crippen molar-refractivity contribution in [3.8, 4) is 0 Å². The summed E-state index contributed by atoms with van der Waals surface area (Å²) in [6.45, 7) is 4.62. The number of carbonyl (C=O) groups is 2. The van der Waals surface area contributed by atoms with Crippen LogP contribution in [0.15, 0.2) is 24.3 Å².